The molecule has 0 spiro atoms. The quantitative estimate of drug-likeness (QED) is 0.704. The van der Waals surface area contributed by atoms with Gasteiger partial charge in [-0.2, -0.15) is 0 Å². The predicted octanol–water partition coefficient (Wildman–Crippen LogP) is 2.23. The molecular formula is C19H26N2O5S. The number of nitrogens with one attached hydrogen (secondary N) is 1. The highest BCUT2D eigenvalue weighted by Crippen LogP contribution is 2.29. The number of rotatable bonds is 8. The van der Waals surface area contributed by atoms with Crippen molar-refractivity contribution in [2.24, 2.45) is 5.92 Å². The molecule has 1 amide bonds. The number of sulfonamides is 1. The van der Waals surface area contributed by atoms with Gasteiger partial charge in [0.15, 0.2) is 0 Å². The molecule has 2 aliphatic carbocycles. The molecule has 0 aromatic heterocycles. The summed E-state index contributed by atoms with van der Waals surface area (Å²) in [5, 5.41) is 9.15. The van der Waals surface area contributed by atoms with E-state index in [0.29, 0.717) is 0 Å². The third-order valence-electron chi connectivity index (χ3n) is 5.21. The first-order valence-electron chi connectivity index (χ1n) is 9.44. The van der Waals surface area contributed by atoms with E-state index < -0.39 is 21.9 Å². The highest BCUT2D eigenvalue weighted by Gasteiger charge is 2.35. The second kappa shape index (κ2) is 7.98. The molecule has 2 saturated carbocycles. The molecule has 3 rings (SSSR count). The number of carboxylic acids is 1. The molecule has 0 aliphatic heterocycles. The Balaban J connectivity index is 1.78. The van der Waals surface area contributed by atoms with Crippen LogP contribution in [-0.4, -0.2) is 48.9 Å². The van der Waals surface area contributed by atoms with Crippen LogP contribution in [0.2, 0.25) is 0 Å². The Bertz CT molecular complexity index is 813. The second-order valence-corrected chi connectivity index (χ2v) is 9.27. The topological polar surface area (TPSA) is 104 Å². The molecule has 8 heteroatoms. The van der Waals surface area contributed by atoms with Crippen LogP contribution in [0.5, 0.6) is 0 Å². The van der Waals surface area contributed by atoms with Gasteiger partial charge in [-0.25, -0.2) is 13.1 Å². The fourth-order valence-corrected chi connectivity index (χ4v) is 4.80. The molecule has 1 unspecified atom stereocenters. The number of hydrogen-bond acceptors (Lipinski definition) is 4. The molecule has 2 N–H and O–H groups in total. The van der Waals surface area contributed by atoms with Crippen LogP contribution in [0.3, 0.4) is 0 Å². The summed E-state index contributed by atoms with van der Waals surface area (Å²) in [6.45, 7) is 1.69. The Kier molecular flexibility index (Phi) is 5.86. The first-order chi connectivity index (χ1) is 12.8. The Morgan fingerprint density at radius 3 is 2.48 bits per heavy atom. The Hall–Kier alpha value is -1.93. The van der Waals surface area contributed by atoms with E-state index in [0.717, 1.165) is 38.5 Å². The molecule has 1 aromatic rings. The molecular weight excluding hydrogens is 368 g/mol. The third kappa shape index (κ3) is 4.87. The van der Waals surface area contributed by atoms with Gasteiger partial charge in [0.1, 0.15) is 0 Å². The molecule has 2 aliphatic rings. The molecule has 2 fully saturated rings. The third-order valence-corrected chi connectivity index (χ3v) is 6.73. The monoisotopic (exact) mass is 394 g/mol. The molecule has 7 nitrogen and oxygen atoms in total. The zero-order chi connectivity index (χ0) is 19.6. The van der Waals surface area contributed by atoms with Gasteiger partial charge in [0.2, 0.25) is 10.0 Å². The minimum absolute atomic E-state index is 0.0381. The van der Waals surface area contributed by atoms with Gasteiger partial charge in [0.25, 0.3) is 5.91 Å². The van der Waals surface area contributed by atoms with E-state index in [1.54, 1.807) is 24.0 Å². The lowest BCUT2D eigenvalue weighted by Gasteiger charge is -2.24. The van der Waals surface area contributed by atoms with Crippen LogP contribution in [0.15, 0.2) is 29.2 Å². The SMILES string of the molecule is CC(CN(C(=O)c1cccc(S(=O)(=O)NC2CCCC2)c1)C1CC1)C(=O)O. The van der Waals surface area contributed by atoms with Crippen molar-refractivity contribution >= 4 is 21.9 Å². The van der Waals surface area contributed by atoms with Crippen LogP contribution in [0, 0.1) is 5.92 Å². The number of benzene rings is 1. The summed E-state index contributed by atoms with van der Waals surface area (Å²) >= 11 is 0. The summed E-state index contributed by atoms with van der Waals surface area (Å²) in [5.74, 6) is -1.94. The Morgan fingerprint density at radius 1 is 1.22 bits per heavy atom. The van der Waals surface area contributed by atoms with Crippen molar-refractivity contribution in [3.8, 4) is 0 Å². The normalized spacial score (nSPS) is 19.0. The number of aliphatic carboxylic acids is 1. The maximum atomic E-state index is 12.9. The van der Waals surface area contributed by atoms with Gasteiger partial charge in [0.05, 0.1) is 10.8 Å². The smallest absolute Gasteiger partial charge is 0.308 e. The van der Waals surface area contributed by atoms with Gasteiger partial charge < -0.3 is 10.0 Å². The standard InChI is InChI=1S/C19H26N2O5S/c1-13(19(23)24)12-21(16-9-10-16)18(22)14-5-4-8-17(11-14)27(25,26)20-15-6-2-3-7-15/h4-5,8,11,13,15-16,20H,2-3,6-7,9-10,12H2,1H3,(H,23,24). The molecule has 148 valence electrons. The van der Waals surface area contributed by atoms with Gasteiger partial charge in [-0.1, -0.05) is 25.8 Å². The summed E-state index contributed by atoms with van der Waals surface area (Å²) in [6, 6.07) is 6.00. The minimum Gasteiger partial charge on any atom is -0.481 e. The summed E-state index contributed by atoms with van der Waals surface area (Å²) in [7, 11) is -3.68. The molecule has 27 heavy (non-hydrogen) atoms. The van der Waals surface area contributed by atoms with E-state index in [-0.39, 0.29) is 35.0 Å². The van der Waals surface area contributed by atoms with Crippen molar-refractivity contribution in [2.75, 3.05) is 6.54 Å². The van der Waals surface area contributed by atoms with Crippen molar-refractivity contribution < 1.29 is 23.1 Å². The van der Waals surface area contributed by atoms with E-state index in [4.69, 9.17) is 5.11 Å². The van der Waals surface area contributed by atoms with Crippen molar-refractivity contribution in [3.05, 3.63) is 29.8 Å². The van der Waals surface area contributed by atoms with Crippen LogP contribution < -0.4 is 4.72 Å². The highest BCUT2D eigenvalue weighted by molar-refractivity contribution is 7.89. The van der Waals surface area contributed by atoms with Gasteiger partial charge in [0, 0.05) is 24.2 Å². The molecule has 0 saturated heterocycles. The van der Waals surface area contributed by atoms with Crippen LogP contribution in [0.4, 0.5) is 0 Å². The van der Waals surface area contributed by atoms with Crippen LogP contribution in [-0.2, 0) is 14.8 Å². The second-order valence-electron chi connectivity index (χ2n) is 7.56. The average molecular weight is 394 g/mol. The number of carbonyl (C=O) groups is 2. The van der Waals surface area contributed by atoms with Gasteiger partial charge in [-0.3, -0.25) is 9.59 Å². The number of carboxylic acid groups (broad SMARTS) is 1. The average Bonchev–Trinajstić information content (AvgIpc) is 3.35. The number of amides is 1. The molecule has 1 aromatic carbocycles. The van der Waals surface area contributed by atoms with Gasteiger partial charge in [-0.05, 0) is 43.9 Å². The summed E-state index contributed by atoms with van der Waals surface area (Å²) in [4.78, 5) is 25.7. The fourth-order valence-electron chi connectivity index (χ4n) is 3.45. The first kappa shape index (κ1) is 19.8. The lowest BCUT2D eigenvalue weighted by Crippen LogP contribution is -2.38. The zero-order valence-corrected chi connectivity index (χ0v) is 16.2. The van der Waals surface area contributed by atoms with Gasteiger partial charge in [-0.15, -0.1) is 0 Å². The van der Waals surface area contributed by atoms with E-state index in [1.165, 1.54) is 12.1 Å². The minimum atomic E-state index is -3.68. The van der Waals surface area contributed by atoms with E-state index in [2.05, 4.69) is 4.72 Å². The maximum Gasteiger partial charge on any atom is 0.308 e. The van der Waals surface area contributed by atoms with Gasteiger partial charge >= 0.3 is 5.97 Å². The summed E-state index contributed by atoms with van der Waals surface area (Å²) < 4.78 is 28.0. The first-order valence-corrected chi connectivity index (χ1v) is 10.9. The van der Waals surface area contributed by atoms with E-state index >= 15 is 0 Å². The predicted molar refractivity (Wildman–Crippen MR) is 99.9 cm³/mol. The number of nitrogens with zero attached hydrogens (tertiary/aromatic N) is 1. The maximum absolute atomic E-state index is 12.9. The van der Waals surface area contributed by atoms with Crippen LogP contribution >= 0.6 is 0 Å². The molecule has 0 bridgehead atoms. The Morgan fingerprint density at radius 2 is 1.89 bits per heavy atom. The Labute approximate surface area is 159 Å². The van der Waals surface area contributed by atoms with Crippen LogP contribution in [0.25, 0.3) is 0 Å². The van der Waals surface area contributed by atoms with Crippen molar-refractivity contribution in [3.63, 3.8) is 0 Å². The zero-order valence-electron chi connectivity index (χ0n) is 15.4. The van der Waals surface area contributed by atoms with Crippen molar-refractivity contribution in [1.29, 1.82) is 0 Å². The van der Waals surface area contributed by atoms with E-state index in [1.807, 2.05) is 0 Å². The number of carbonyl (C=O) groups excluding carboxylic acids is 1. The highest BCUT2D eigenvalue weighted by atomic mass is 32.2. The fraction of sp³-hybridized carbons (Fsp3) is 0.579. The molecule has 1 atom stereocenters. The summed E-state index contributed by atoms with van der Waals surface area (Å²) in [6.07, 6.45) is 5.40. The lowest BCUT2D eigenvalue weighted by atomic mass is 10.1. The van der Waals surface area contributed by atoms with E-state index in [9.17, 15) is 18.0 Å². The number of hydrogen-bond donors (Lipinski definition) is 2. The largest absolute Gasteiger partial charge is 0.481 e. The van der Waals surface area contributed by atoms with Crippen molar-refractivity contribution in [1.82, 2.24) is 9.62 Å². The van der Waals surface area contributed by atoms with Crippen LogP contribution in [0.1, 0.15) is 55.8 Å². The lowest BCUT2D eigenvalue weighted by molar-refractivity contribution is -0.141. The summed E-state index contributed by atoms with van der Waals surface area (Å²) in [5.41, 5.74) is 0.272. The molecule has 0 radical (unpaired) electrons. The molecule has 0 heterocycles. The van der Waals surface area contributed by atoms with Crippen molar-refractivity contribution in [2.45, 2.75) is 62.4 Å².